The third-order valence-corrected chi connectivity index (χ3v) is 3.11. The number of nitrogens with zero attached hydrogens (tertiary/aromatic N) is 1. The Kier molecular flexibility index (Phi) is 5.61. The zero-order chi connectivity index (χ0) is 12.1. The molecule has 1 aliphatic rings. The van der Waals surface area contributed by atoms with E-state index in [1.54, 1.807) is 11.9 Å². The topological polar surface area (TPSA) is 75.9 Å². The van der Waals surface area contributed by atoms with E-state index >= 15 is 0 Å². The maximum atomic E-state index is 12.0. The predicted molar refractivity (Wildman–Crippen MR) is 72.9 cm³/mol. The number of rotatable bonds is 2. The van der Waals surface area contributed by atoms with Gasteiger partial charge in [0.25, 0.3) is 0 Å². The van der Waals surface area contributed by atoms with Gasteiger partial charge in [-0.2, -0.15) is 0 Å². The zero-order valence-corrected chi connectivity index (χ0v) is 10.6. The van der Waals surface area contributed by atoms with E-state index in [-0.39, 0.29) is 11.5 Å². The van der Waals surface area contributed by atoms with Gasteiger partial charge in [-0.1, -0.05) is 18.2 Å². The van der Waals surface area contributed by atoms with Crippen molar-refractivity contribution in [2.45, 2.75) is 18.9 Å². The van der Waals surface area contributed by atoms with E-state index in [1.807, 2.05) is 30.3 Å². The summed E-state index contributed by atoms with van der Waals surface area (Å²) in [6.45, 7) is 1.97. The van der Waals surface area contributed by atoms with Crippen LogP contribution < -0.4 is 15.5 Å². The SMILES string of the molecule is CN(C(=O)NC1CCNCC1)c1ccccc1.O. The molecule has 100 valence electrons. The van der Waals surface area contributed by atoms with E-state index < -0.39 is 0 Å². The molecule has 18 heavy (non-hydrogen) atoms. The summed E-state index contributed by atoms with van der Waals surface area (Å²) in [7, 11) is 1.80. The van der Waals surface area contributed by atoms with Crippen LogP contribution in [0.15, 0.2) is 30.3 Å². The molecule has 0 spiro atoms. The molecule has 0 saturated carbocycles. The lowest BCUT2D eigenvalue weighted by molar-refractivity contribution is 0.240. The van der Waals surface area contributed by atoms with E-state index in [2.05, 4.69) is 10.6 Å². The summed E-state index contributed by atoms with van der Waals surface area (Å²) >= 11 is 0. The van der Waals surface area contributed by atoms with Crippen LogP contribution in [0.1, 0.15) is 12.8 Å². The van der Waals surface area contributed by atoms with Gasteiger partial charge in [0.05, 0.1) is 0 Å². The number of hydrogen-bond donors (Lipinski definition) is 2. The van der Waals surface area contributed by atoms with E-state index in [4.69, 9.17) is 0 Å². The Morgan fingerprint density at radius 1 is 1.28 bits per heavy atom. The number of para-hydroxylation sites is 1. The number of nitrogens with one attached hydrogen (secondary N) is 2. The van der Waals surface area contributed by atoms with Crippen LogP contribution in [0.5, 0.6) is 0 Å². The Morgan fingerprint density at radius 2 is 1.89 bits per heavy atom. The molecule has 0 radical (unpaired) electrons. The summed E-state index contributed by atoms with van der Waals surface area (Å²) < 4.78 is 0. The Hall–Kier alpha value is -1.59. The van der Waals surface area contributed by atoms with Gasteiger partial charge >= 0.3 is 6.03 Å². The number of benzene rings is 1. The first-order valence-corrected chi connectivity index (χ1v) is 6.07. The van der Waals surface area contributed by atoms with Gasteiger partial charge in [0.2, 0.25) is 0 Å². The van der Waals surface area contributed by atoms with Crippen molar-refractivity contribution in [1.82, 2.24) is 10.6 Å². The van der Waals surface area contributed by atoms with Crippen LogP contribution in [0, 0.1) is 0 Å². The lowest BCUT2D eigenvalue weighted by Crippen LogP contribution is -2.47. The molecule has 1 aliphatic heterocycles. The summed E-state index contributed by atoms with van der Waals surface area (Å²) in [6, 6.07) is 9.96. The molecule has 0 unspecified atom stereocenters. The van der Waals surface area contributed by atoms with Crippen LogP contribution in [0.25, 0.3) is 0 Å². The van der Waals surface area contributed by atoms with Crippen LogP contribution in [0.2, 0.25) is 0 Å². The number of carbonyl (C=O) groups excluding carboxylic acids is 1. The van der Waals surface area contributed by atoms with Gasteiger partial charge in [-0.15, -0.1) is 0 Å². The van der Waals surface area contributed by atoms with Crippen LogP contribution in [0.3, 0.4) is 0 Å². The highest BCUT2D eigenvalue weighted by atomic mass is 16.2. The summed E-state index contributed by atoms with van der Waals surface area (Å²) in [5, 5.41) is 6.35. The fraction of sp³-hybridized carbons (Fsp3) is 0.462. The molecule has 1 fully saturated rings. The van der Waals surface area contributed by atoms with Gasteiger partial charge in [0.1, 0.15) is 0 Å². The minimum Gasteiger partial charge on any atom is -0.412 e. The molecule has 2 amide bonds. The van der Waals surface area contributed by atoms with Crippen molar-refractivity contribution in [3.63, 3.8) is 0 Å². The second kappa shape index (κ2) is 6.98. The molecule has 1 heterocycles. The number of carbonyl (C=O) groups is 1. The first-order chi connectivity index (χ1) is 8.27. The lowest BCUT2D eigenvalue weighted by atomic mass is 10.1. The standard InChI is InChI=1S/C13H19N3O.H2O/c1-16(12-5-3-2-4-6-12)13(17)15-11-7-9-14-10-8-11;/h2-6,11,14H,7-10H2,1H3,(H,15,17);1H2. The van der Waals surface area contributed by atoms with Crippen molar-refractivity contribution >= 4 is 11.7 Å². The summed E-state index contributed by atoms with van der Waals surface area (Å²) in [5.41, 5.74) is 0.916. The summed E-state index contributed by atoms with van der Waals surface area (Å²) in [5.74, 6) is 0. The van der Waals surface area contributed by atoms with E-state index in [1.165, 1.54) is 0 Å². The highest BCUT2D eigenvalue weighted by Crippen LogP contribution is 2.11. The second-order valence-corrected chi connectivity index (χ2v) is 4.37. The van der Waals surface area contributed by atoms with E-state index in [9.17, 15) is 4.79 Å². The average molecular weight is 251 g/mol. The van der Waals surface area contributed by atoms with Crippen molar-refractivity contribution in [1.29, 1.82) is 0 Å². The Balaban J connectivity index is 0.00000162. The molecule has 0 aromatic heterocycles. The van der Waals surface area contributed by atoms with Gasteiger partial charge in [-0.25, -0.2) is 4.79 Å². The number of anilines is 1. The molecule has 0 aliphatic carbocycles. The van der Waals surface area contributed by atoms with Crippen molar-refractivity contribution in [2.75, 3.05) is 25.0 Å². The molecular weight excluding hydrogens is 230 g/mol. The Labute approximate surface area is 107 Å². The molecule has 0 atom stereocenters. The molecular formula is C13H21N3O2. The molecule has 1 aromatic rings. The van der Waals surface area contributed by atoms with Crippen LogP contribution in [-0.4, -0.2) is 37.7 Å². The largest absolute Gasteiger partial charge is 0.412 e. The average Bonchev–Trinajstić information content (AvgIpc) is 2.40. The Morgan fingerprint density at radius 3 is 2.50 bits per heavy atom. The monoisotopic (exact) mass is 251 g/mol. The van der Waals surface area contributed by atoms with E-state index in [0.717, 1.165) is 31.6 Å². The third kappa shape index (κ3) is 3.72. The maximum absolute atomic E-state index is 12.0. The number of amides is 2. The smallest absolute Gasteiger partial charge is 0.321 e. The van der Waals surface area contributed by atoms with E-state index in [0.29, 0.717) is 6.04 Å². The fourth-order valence-electron chi connectivity index (χ4n) is 2.01. The second-order valence-electron chi connectivity index (χ2n) is 4.37. The van der Waals surface area contributed by atoms with Gasteiger partial charge in [-0.05, 0) is 38.1 Å². The van der Waals surface area contributed by atoms with Gasteiger partial charge in [-0.3, -0.25) is 4.90 Å². The minimum atomic E-state index is -0.0249. The molecule has 5 heteroatoms. The third-order valence-electron chi connectivity index (χ3n) is 3.11. The van der Waals surface area contributed by atoms with Crippen molar-refractivity contribution in [3.05, 3.63) is 30.3 Å². The quantitative estimate of drug-likeness (QED) is 0.814. The molecule has 0 bridgehead atoms. The minimum absolute atomic E-state index is 0. The van der Waals surface area contributed by atoms with Crippen LogP contribution in [0.4, 0.5) is 10.5 Å². The molecule has 4 N–H and O–H groups in total. The first kappa shape index (κ1) is 14.5. The van der Waals surface area contributed by atoms with Crippen molar-refractivity contribution in [3.8, 4) is 0 Å². The number of urea groups is 1. The van der Waals surface area contributed by atoms with Crippen LogP contribution >= 0.6 is 0 Å². The Bertz CT molecular complexity index is 364. The summed E-state index contributed by atoms with van der Waals surface area (Å²) in [4.78, 5) is 13.7. The van der Waals surface area contributed by atoms with Crippen molar-refractivity contribution < 1.29 is 10.3 Å². The molecule has 5 nitrogen and oxygen atoms in total. The van der Waals surface area contributed by atoms with Crippen molar-refractivity contribution in [2.24, 2.45) is 0 Å². The molecule has 1 saturated heterocycles. The number of hydrogen-bond acceptors (Lipinski definition) is 2. The molecule has 1 aromatic carbocycles. The molecule has 2 rings (SSSR count). The van der Waals surface area contributed by atoms with Crippen LogP contribution in [-0.2, 0) is 0 Å². The maximum Gasteiger partial charge on any atom is 0.321 e. The highest BCUT2D eigenvalue weighted by Gasteiger charge is 2.18. The summed E-state index contributed by atoms with van der Waals surface area (Å²) in [6.07, 6.45) is 2.02. The zero-order valence-electron chi connectivity index (χ0n) is 10.6. The first-order valence-electron chi connectivity index (χ1n) is 6.07. The highest BCUT2D eigenvalue weighted by molar-refractivity contribution is 5.91. The normalized spacial score (nSPS) is 15.6. The van der Waals surface area contributed by atoms with Gasteiger partial charge in [0, 0.05) is 18.8 Å². The van der Waals surface area contributed by atoms with Gasteiger partial charge in [0.15, 0.2) is 0 Å². The lowest BCUT2D eigenvalue weighted by Gasteiger charge is -2.26. The number of piperidine rings is 1. The van der Waals surface area contributed by atoms with Gasteiger partial charge < -0.3 is 16.1 Å². The fourth-order valence-corrected chi connectivity index (χ4v) is 2.01. The predicted octanol–water partition coefficient (Wildman–Crippen LogP) is 0.760.